The van der Waals surface area contributed by atoms with E-state index in [0.29, 0.717) is 0 Å². The second kappa shape index (κ2) is 8.02. The number of carbonyl (C=O) groups excluding carboxylic acids is 1. The van der Waals surface area contributed by atoms with Crippen molar-refractivity contribution in [1.29, 1.82) is 0 Å². The van der Waals surface area contributed by atoms with Gasteiger partial charge in [-0.15, -0.1) is 0 Å². The summed E-state index contributed by atoms with van der Waals surface area (Å²) in [5.74, 6) is -1.06. The third-order valence-electron chi connectivity index (χ3n) is 3.25. The van der Waals surface area contributed by atoms with Gasteiger partial charge in [0.15, 0.2) is 0 Å². The zero-order valence-electron chi connectivity index (χ0n) is 13.7. The maximum Gasteiger partial charge on any atom is 0.405 e. The lowest BCUT2D eigenvalue weighted by atomic mass is 10.2. The highest BCUT2D eigenvalue weighted by Gasteiger charge is 2.28. The van der Waals surface area contributed by atoms with Crippen LogP contribution in [0.15, 0.2) is 47.4 Å². The number of amides is 1. The van der Waals surface area contributed by atoms with E-state index in [2.05, 4.69) is 4.72 Å². The summed E-state index contributed by atoms with van der Waals surface area (Å²) in [7, 11) is -4.29. The Bertz CT molecular complexity index is 1030. The Kier molecular flexibility index (Phi) is 6.14. The molecule has 0 saturated carbocycles. The van der Waals surface area contributed by atoms with Crippen molar-refractivity contribution in [2.24, 2.45) is 0 Å². The standard InChI is InChI=1S/C15H11ClF3N3O5S/c16-12-5-4-11(7-13(12)22(24)25)28(26,27)21-10-3-1-2-9(6-10)14(23)20-8-15(17,18)19/h1-7,21H,8H2,(H,20,23). The van der Waals surface area contributed by atoms with Crippen LogP contribution in [0.5, 0.6) is 0 Å². The van der Waals surface area contributed by atoms with Crippen LogP contribution in [0.2, 0.25) is 5.02 Å². The van der Waals surface area contributed by atoms with Gasteiger partial charge in [-0.2, -0.15) is 13.2 Å². The number of nitrogens with zero attached hydrogens (tertiary/aromatic N) is 1. The highest BCUT2D eigenvalue weighted by Crippen LogP contribution is 2.28. The van der Waals surface area contributed by atoms with E-state index in [9.17, 15) is 36.5 Å². The van der Waals surface area contributed by atoms with Crippen LogP contribution in [-0.4, -0.2) is 32.0 Å². The van der Waals surface area contributed by atoms with E-state index >= 15 is 0 Å². The molecular weight excluding hydrogens is 427 g/mol. The van der Waals surface area contributed by atoms with Gasteiger partial charge in [-0.25, -0.2) is 8.42 Å². The maximum atomic E-state index is 12.4. The minimum absolute atomic E-state index is 0.128. The van der Waals surface area contributed by atoms with Gasteiger partial charge in [-0.05, 0) is 30.3 Å². The van der Waals surface area contributed by atoms with Crippen LogP contribution < -0.4 is 10.0 Å². The van der Waals surface area contributed by atoms with Crippen LogP contribution in [0.1, 0.15) is 10.4 Å². The molecule has 0 aromatic heterocycles. The average molecular weight is 438 g/mol. The highest BCUT2D eigenvalue weighted by atomic mass is 35.5. The molecule has 0 aliphatic carbocycles. The number of benzene rings is 2. The van der Waals surface area contributed by atoms with Crippen molar-refractivity contribution in [1.82, 2.24) is 5.32 Å². The number of sulfonamides is 1. The summed E-state index contributed by atoms with van der Waals surface area (Å²) in [4.78, 5) is 21.3. The van der Waals surface area contributed by atoms with E-state index in [1.165, 1.54) is 18.2 Å². The zero-order chi connectivity index (χ0) is 21.1. The van der Waals surface area contributed by atoms with Crippen LogP contribution in [0.25, 0.3) is 0 Å². The number of anilines is 1. The van der Waals surface area contributed by atoms with Crippen LogP contribution in [0, 0.1) is 10.1 Å². The Balaban J connectivity index is 2.24. The lowest BCUT2D eigenvalue weighted by Gasteiger charge is -2.11. The smallest absolute Gasteiger partial charge is 0.343 e. The number of nitrogens with one attached hydrogen (secondary N) is 2. The van der Waals surface area contributed by atoms with E-state index in [1.54, 1.807) is 5.32 Å². The van der Waals surface area contributed by atoms with Crippen molar-refractivity contribution >= 4 is 38.9 Å². The second-order valence-corrected chi connectivity index (χ2v) is 7.44. The van der Waals surface area contributed by atoms with Gasteiger partial charge in [0.25, 0.3) is 21.6 Å². The number of nitro benzene ring substituents is 1. The highest BCUT2D eigenvalue weighted by molar-refractivity contribution is 7.92. The Labute approximate surface area is 161 Å². The van der Waals surface area contributed by atoms with Crippen LogP contribution in [0.3, 0.4) is 0 Å². The van der Waals surface area contributed by atoms with Gasteiger partial charge in [0, 0.05) is 17.3 Å². The number of hydrogen-bond donors (Lipinski definition) is 2. The first-order valence-electron chi connectivity index (χ1n) is 7.31. The molecule has 0 heterocycles. The Hall–Kier alpha value is -2.86. The molecule has 150 valence electrons. The summed E-state index contributed by atoms with van der Waals surface area (Å²) >= 11 is 5.64. The molecule has 13 heteroatoms. The first-order valence-corrected chi connectivity index (χ1v) is 9.17. The predicted octanol–water partition coefficient (Wildman–Crippen LogP) is 3.34. The number of rotatable bonds is 6. The number of alkyl halides is 3. The molecule has 0 spiro atoms. The number of hydrogen-bond acceptors (Lipinski definition) is 5. The van der Waals surface area contributed by atoms with Crippen molar-refractivity contribution in [3.05, 3.63) is 63.2 Å². The monoisotopic (exact) mass is 437 g/mol. The first-order chi connectivity index (χ1) is 12.9. The molecule has 1 amide bonds. The Morgan fingerprint density at radius 3 is 2.46 bits per heavy atom. The van der Waals surface area contributed by atoms with Crippen molar-refractivity contribution < 1.29 is 31.3 Å². The van der Waals surface area contributed by atoms with Gasteiger partial charge >= 0.3 is 6.18 Å². The topological polar surface area (TPSA) is 118 Å². The summed E-state index contributed by atoms with van der Waals surface area (Å²) in [6.45, 7) is -1.55. The van der Waals surface area contributed by atoms with Gasteiger partial charge in [0.2, 0.25) is 0 Å². The first kappa shape index (κ1) is 21.4. The third kappa shape index (κ3) is 5.57. The molecule has 8 nitrogen and oxygen atoms in total. The minimum Gasteiger partial charge on any atom is -0.343 e. The van der Waals surface area contributed by atoms with E-state index in [0.717, 1.165) is 24.3 Å². The lowest BCUT2D eigenvalue weighted by molar-refractivity contribution is -0.384. The van der Waals surface area contributed by atoms with Crippen LogP contribution in [-0.2, 0) is 10.0 Å². The van der Waals surface area contributed by atoms with E-state index < -0.39 is 44.2 Å². The molecule has 0 aliphatic rings. The van der Waals surface area contributed by atoms with Crippen LogP contribution in [0.4, 0.5) is 24.5 Å². The molecule has 2 N–H and O–H groups in total. The summed E-state index contributed by atoms with van der Waals surface area (Å²) in [6, 6.07) is 7.55. The summed E-state index contributed by atoms with van der Waals surface area (Å²) in [5, 5.41) is 12.3. The number of carbonyl (C=O) groups is 1. The molecule has 0 saturated heterocycles. The average Bonchev–Trinajstić information content (AvgIpc) is 2.58. The Morgan fingerprint density at radius 1 is 1.18 bits per heavy atom. The quantitative estimate of drug-likeness (QED) is 0.530. The van der Waals surface area contributed by atoms with Gasteiger partial charge in [-0.3, -0.25) is 19.6 Å². The summed E-state index contributed by atoms with van der Waals surface area (Å²) in [6.07, 6.45) is -4.60. The molecule has 2 aromatic rings. The minimum atomic E-state index is -4.60. The summed E-state index contributed by atoms with van der Waals surface area (Å²) in [5.41, 5.74) is -0.964. The normalized spacial score (nSPS) is 11.7. The molecule has 0 radical (unpaired) electrons. The molecule has 0 aliphatic heterocycles. The molecule has 2 aromatic carbocycles. The third-order valence-corrected chi connectivity index (χ3v) is 4.95. The van der Waals surface area contributed by atoms with Crippen molar-refractivity contribution in [2.75, 3.05) is 11.3 Å². The lowest BCUT2D eigenvalue weighted by Crippen LogP contribution is -2.33. The number of halogens is 4. The molecular formula is C15H11ClF3N3O5S. The molecule has 0 bridgehead atoms. The predicted molar refractivity (Wildman–Crippen MR) is 93.7 cm³/mol. The largest absolute Gasteiger partial charge is 0.405 e. The van der Waals surface area contributed by atoms with E-state index in [1.807, 2.05) is 0 Å². The van der Waals surface area contributed by atoms with E-state index in [4.69, 9.17) is 11.6 Å². The fourth-order valence-corrected chi connectivity index (χ4v) is 3.28. The molecule has 0 unspecified atom stereocenters. The molecule has 28 heavy (non-hydrogen) atoms. The molecule has 2 rings (SSSR count). The fourth-order valence-electron chi connectivity index (χ4n) is 2.02. The second-order valence-electron chi connectivity index (χ2n) is 5.35. The SMILES string of the molecule is O=C(NCC(F)(F)F)c1cccc(NS(=O)(=O)c2ccc(Cl)c([N+](=O)[O-])c2)c1. The van der Waals surface area contributed by atoms with Gasteiger partial charge in [0.1, 0.15) is 11.6 Å². The number of nitro groups is 1. The fraction of sp³-hybridized carbons (Fsp3) is 0.133. The maximum absolute atomic E-state index is 12.4. The summed E-state index contributed by atoms with van der Waals surface area (Å²) < 4.78 is 63.4. The van der Waals surface area contributed by atoms with Gasteiger partial charge in [0.05, 0.1) is 9.82 Å². The van der Waals surface area contributed by atoms with Crippen molar-refractivity contribution in [3.63, 3.8) is 0 Å². The van der Waals surface area contributed by atoms with Gasteiger partial charge < -0.3 is 5.32 Å². The zero-order valence-corrected chi connectivity index (χ0v) is 15.2. The van der Waals surface area contributed by atoms with Crippen molar-refractivity contribution in [3.8, 4) is 0 Å². The molecule has 0 fully saturated rings. The Morgan fingerprint density at radius 2 is 1.86 bits per heavy atom. The van der Waals surface area contributed by atoms with E-state index in [-0.39, 0.29) is 16.3 Å². The van der Waals surface area contributed by atoms with Crippen molar-refractivity contribution in [2.45, 2.75) is 11.1 Å². The van der Waals surface area contributed by atoms with Crippen LogP contribution >= 0.6 is 11.6 Å². The van der Waals surface area contributed by atoms with Gasteiger partial charge in [-0.1, -0.05) is 17.7 Å². The molecule has 0 atom stereocenters.